The van der Waals surface area contributed by atoms with E-state index in [-0.39, 0.29) is 11.5 Å². The highest BCUT2D eigenvalue weighted by Gasteiger charge is 2.19. The van der Waals surface area contributed by atoms with Gasteiger partial charge in [-0.1, -0.05) is 0 Å². The van der Waals surface area contributed by atoms with Gasteiger partial charge in [0.1, 0.15) is 4.83 Å². The van der Waals surface area contributed by atoms with Crippen molar-refractivity contribution in [3.05, 3.63) is 49.0 Å². The van der Waals surface area contributed by atoms with Crippen LogP contribution in [-0.2, 0) is 13.6 Å². The summed E-state index contributed by atoms with van der Waals surface area (Å²) >= 11 is 2.89. The molecule has 0 aliphatic rings. The van der Waals surface area contributed by atoms with Crippen LogP contribution in [0.4, 0.5) is 0 Å². The Morgan fingerprint density at radius 3 is 2.86 bits per heavy atom. The van der Waals surface area contributed by atoms with E-state index in [1.54, 1.807) is 25.3 Å². The number of fused-ring (bicyclic) bond motifs is 1. The summed E-state index contributed by atoms with van der Waals surface area (Å²) in [6.07, 6.45) is 1.48. The van der Waals surface area contributed by atoms with Gasteiger partial charge in [-0.3, -0.25) is 9.59 Å². The van der Waals surface area contributed by atoms with Gasteiger partial charge in [-0.15, -0.1) is 22.7 Å². The molecule has 0 fully saturated rings. The maximum Gasteiger partial charge on any atom is 0.262 e. The molecule has 0 radical (unpaired) electrons. The van der Waals surface area contributed by atoms with E-state index in [0.29, 0.717) is 27.2 Å². The van der Waals surface area contributed by atoms with E-state index in [1.807, 2.05) is 18.4 Å². The van der Waals surface area contributed by atoms with Gasteiger partial charge in [0.05, 0.1) is 23.1 Å². The number of amides is 1. The Bertz CT molecular complexity index is 921. The van der Waals surface area contributed by atoms with Gasteiger partial charge >= 0.3 is 0 Å². The Balaban J connectivity index is 1.91. The second kappa shape index (κ2) is 5.66. The molecule has 22 heavy (non-hydrogen) atoms. The first kappa shape index (κ1) is 14.9. The minimum atomic E-state index is -0.157. The number of hydrogen-bond acceptors (Lipinski definition) is 5. The Kier molecular flexibility index (Phi) is 3.84. The molecule has 0 aliphatic heterocycles. The van der Waals surface area contributed by atoms with Crippen LogP contribution in [-0.4, -0.2) is 15.5 Å². The molecule has 7 heteroatoms. The van der Waals surface area contributed by atoms with E-state index in [1.165, 1.54) is 27.8 Å². The molecule has 0 aromatic carbocycles. The monoisotopic (exact) mass is 333 g/mol. The largest absolute Gasteiger partial charge is 0.346 e. The van der Waals surface area contributed by atoms with Gasteiger partial charge in [0.15, 0.2) is 0 Å². The molecule has 5 nitrogen and oxygen atoms in total. The van der Waals surface area contributed by atoms with Crippen molar-refractivity contribution in [2.45, 2.75) is 20.4 Å². The number of aromatic nitrogens is 2. The standard InChI is InChI=1S/C15H15N3O2S2/c1-8-4-5-21-10(8)6-16-13(19)12-9(2)11-14(22-12)17-7-18(3)15(11)20/h4-5,7H,6H2,1-3H3,(H,16,19). The average molecular weight is 333 g/mol. The Morgan fingerprint density at radius 2 is 2.18 bits per heavy atom. The molecule has 114 valence electrons. The van der Waals surface area contributed by atoms with Crippen molar-refractivity contribution >= 4 is 38.8 Å². The molecule has 0 spiro atoms. The van der Waals surface area contributed by atoms with Gasteiger partial charge in [0.25, 0.3) is 11.5 Å². The zero-order chi connectivity index (χ0) is 15.9. The van der Waals surface area contributed by atoms with Gasteiger partial charge in [0.2, 0.25) is 0 Å². The van der Waals surface area contributed by atoms with Crippen molar-refractivity contribution in [2.24, 2.45) is 7.05 Å². The summed E-state index contributed by atoms with van der Waals surface area (Å²) in [5.74, 6) is -0.157. The third-order valence-electron chi connectivity index (χ3n) is 3.59. The average Bonchev–Trinajstić information content (AvgIpc) is 3.05. The highest BCUT2D eigenvalue weighted by atomic mass is 32.1. The minimum Gasteiger partial charge on any atom is -0.346 e. The molecule has 0 unspecified atom stereocenters. The summed E-state index contributed by atoms with van der Waals surface area (Å²) < 4.78 is 1.43. The second-order valence-corrected chi connectivity index (χ2v) is 7.11. The highest BCUT2D eigenvalue weighted by molar-refractivity contribution is 7.20. The summed E-state index contributed by atoms with van der Waals surface area (Å²) in [7, 11) is 1.66. The minimum absolute atomic E-state index is 0.119. The van der Waals surface area contributed by atoms with E-state index in [4.69, 9.17) is 0 Å². The molecule has 3 heterocycles. The van der Waals surface area contributed by atoms with Crippen LogP contribution in [0.25, 0.3) is 10.2 Å². The normalized spacial score (nSPS) is 11.0. The van der Waals surface area contributed by atoms with E-state index in [0.717, 1.165) is 4.88 Å². The van der Waals surface area contributed by atoms with Crippen LogP contribution < -0.4 is 10.9 Å². The number of rotatable bonds is 3. The van der Waals surface area contributed by atoms with Gasteiger partial charge in [-0.2, -0.15) is 0 Å². The Labute approximate surface area is 135 Å². The fourth-order valence-electron chi connectivity index (χ4n) is 2.25. The third kappa shape index (κ3) is 2.46. The summed E-state index contributed by atoms with van der Waals surface area (Å²) in [4.78, 5) is 31.1. The van der Waals surface area contributed by atoms with Gasteiger partial charge in [-0.05, 0) is 36.4 Å². The second-order valence-electron chi connectivity index (χ2n) is 5.11. The van der Waals surface area contributed by atoms with Crippen LogP contribution >= 0.6 is 22.7 Å². The molecule has 0 atom stereocenters. The van der Waals surface area contributed by atoms with E-state index < -0.39 is 0 Å². The van der Waals surface area contributed by atoms with Crippen molar-refractivity contribution in [3.63, 3.8) is 0 Å². The fraction of sp³-hybridized carbons (Fsp3) is 0.267. The van der Waals surface area contributed by atoms with E-state index in [9.17, 15) is 9.59 Å². The quantitative estimate of drug-likeness (QED) is 0.801. The molecule has 1 amide bonds. The summed E-state index contributed by atoms with van der Waals surface area (Å²) in [6, 6.07) is 2.03. The zero-order valence-corrected chi connectivity index (χ0v) is 14.1. The lowest BCUT2D eigenvalue weighted by Crippen LogP contribution is -2.22. The summed E-state index contributed by atoms with van der Waals surface area (Å²) in [5, 5.41) is 5.47. The highest BCUT2D eigenvalue weighted by Crippen LogP contribution is 2.26. The first-order valence-electron chi connectivity index (χ1n) is 6.75. The number of carbonyl (C=O) groups excluding carboxylic acids is 1. The SMILES string of the molecule is Cc1ccsc1CNC(=O)c1sc2ncn(C)c(=O)c2c1C. The van der Waals surface area contributed by atoms with Gasteiger partial charge in [-0.25, -0.2) is 4.98 Å². The number of thiophene rings is 2. The summed E-state index contributed by atoms with van der Waals surface area (Å²) in [6.45, 7) is 4.32. The van der Waals surface area contributed by atoms with Crippen molar-refractivity contribution in [1.29, 1.82) is 0 Å². The topological polar surface area (TPSA) is 64.0 Å². The van der Waals surface area contributed by atoms with Crippen molar-refractivity contribution < 1.29 is 4.79 Å². The van der Waals surface area contributed by atoms with Crippen LogP contribution in [0.2, 0.25) is 0 Å². The molecule has 0 saturated heterocycles. The van der Waals surface area contributed by atoms with Crippen LogP contribution in [0, 0.1) is 13.8 Å². The lowest BCUT2D eigenvalue weighted by atomic mass is 10.2. The number of nitrogens with one attached hydrogen (secondary N) is 1. The molecule has 3 aromatic rings. The maximum absolute atomic E-state index is 12.4. The smallest absolute Gasteiger partial charge is 0.262 e. The lowest BCUT2D eigenvalue weighted by molar-refractivity contribution is 0.0955. The zero-order valence-electron chi connectivity index (χ0n) is 12.5. The van der Waals surface area contributed by atoms with Crippen molar-refractivity contribution in [1.82, 2.24) is 14.9 Å². The summed E-state index contributed by atoms with van der Waals surface area (Å²) in [5.41, 5.74) is 1.76. The molecule has 0 aliphatic carbocycles. The Hall–Kier alpha value is -1.99. The maximum atomic E-state index is 12.4. The fourth-order valence-corrected chi connectivity index (χ4v) is 4.15. The third-order valence-corrected chi connectivity index (χ3v) is 5.82. The van der Waals surface area contributed by atoms with Gasteiger partial charge < -0.3 is 9.88 Å². The number of nitrogens with zero attached hydrogens (tertiary/aromatic N) is 2. The van der Waals surface area contributed by atoms with Crippen LogP contribution in [0.3, 0.4) is 0 Å². The number of aryl methyl sites for hydroxylation is 3. The lowest BCUT2D eigenvalue weighted by Gasteiger charge is -2.03. The van der Waals surface area contributed by atoms with Crippen molar-refractivity contribution in [3.8, 4) is 0 Å². The number of carbonyl (C=O) groups is 1. The molecule has 1 N–H and O–H groups in total. The van der Waals surface area contributed by atoms with Crippen LogP contribution in [0.5, 0.6) is 0 Å². The molecule has 0 bridgehead atoms. The predicted molar refractivity (Wildman–Crippen MR) is 89.8 cm³/mol. The number of hydrogen-bond donors (Lipinski definition) is 1. The van der Waals surface area contributed by atoms with E-state index in [2.05, 4.69) is 10.3 Å². The van der Waals surface area contributed by atoms with E-state index >= 15 is 0 Å². The molecular weight excluding hydrogens is 318 g/mol. The predicted octanol–water partition coefficient (Wildman–Crippen LogP) is 2.60. The first-order valence-corrected chi connectivity index (χ1v) is 8.44. The van der Waals surface area contributed by atoms with Crippen LogP contribution in [0.1, 0.15) is 25.7 Å². The van der Waals surface area contributed by atoms with Gasteiger partial charge in [0, 0.05) is 11.9 Å². The van der Waals surface area contributed by atoms with Crippen LogP contribution in [0.15, 0.2) is 22.6 Å². The first-order chi connectivity index (χ1) is 10.5. The molecule has 3 rings (SSSR count). The molecule has 3 aromatic heterocycles. The molecule has 0 saturated carbocycles. The molecular formula is C15H15N3O2S2. The van der Waals surface area contributed by atoms with Crippen molar-refractivity contribution in [2.75, 3.05) is 0 Å². The Morgan fingerprint density at radius 1 is 1.41 bits per heavy atom.